The van der Waals surface area contributed by atoms with Gasteiger partial charge in [-0.05, 0) is 48.0 Å². The second kappa shape index (κ2) is 6.57. The third kappa shape index (κ3) is 3.48. The number of benzene rings is 2. The van der Waals surface area contributed by atoms with Gasteiger partial charge in [-0.3, -0.25) is 0 Å². The first kappa shape index (κ1) is 13.9. The monoisotopic (exact) mass is 296 g/mol. The molecule has 94 valence electrons. The van der Waals surface area contributed by atoms with Crippen molar-refractivity contribution in [3.8, 4) is 0 Å². The minimum Gasteiger partial charge on any atom is -0.138 e. The number of rotatable bonds is 4. The quantitative estimate of drug-likeness (QED) is 0.664. The van der Waals surface area contributed by atoms with Crippen LogP contribution in [0.25, 0.3) is 0 Å². The van der Waals surface area contributed by atoms with Crippen molar-refractivity contribution in [3.05, 3.63) is 69.7 Å². The second-order valence-corrected chi connectivity index (χ2v) is 5.68. The van der Waals surface area contributed by atoms with Crippen molar-refractivity contribution < 1.29 is 0 Å². The van der Waals surface area contributed by atoms with Gasteiger partial charge in [-0.2, -0.15) is 0 Å². The molecule has 0 aliphatic heterocycles. The van der Waals surface area contributed by atoms with Crippen LogP contribution in [-0.4, -0.2) is 6.16 Å². The van der Waals surface area contributed by atoms with E-state index in [9.17, 15) is 0 Å². The van der Waals surface area contributed by atoms with E-state index >= 15 is 0 Å². The molecule has 0 aliphatic carbocycles. The Morgan fingerprint density at radius 1 is 0.778 bits per heavy atom. The van der Waals surface area contributed by atoms with E-state index in [0.29, 0.717) is 5.92 Å². The SMILES string of the molecule is PCCC(c1ccc(Cl)cc1)c1ccc(Cl)cc1. The molecular weight excluding hydrogens is 282 g/mol. The van der Waals surface area contributed by atoms with Gasteiger partial charge in [-0.1, -0.05) is 47.5 Å². The maximum atomic E-state index is 5.94. The second-order valence-electron chi connectivity index (χ2n) is 4.23. The van der Waals surface area contributed by atoms with Gasteiger partial charge in [0.25, 0.3) is 0 Å². The Bertz CT molecular complexity index is 445. The third-order valence-electron chi connectivity index (χ3n) is 3.00. The van der Waals surface area contributed by atoms with Gasteiger partial charge in [0.15, 0.2) is 0 Å². The van der Waals surface area contributed by atoms with Gasteiger partial charge in [-0.25, -0.2) is 0 Å². The molecule has 0 nitrogen and oxygen atoms in total. The maximum absolute atomic E-state index is 5.94. The standard InChI is InChI=1S/C15H15Cl2P/c16-13-5-1-11(2-6-13)15(9-10-18)12-3-7-14(17)8-4-12/h1-8,15H,9-10,18H2. The molecule has 0 aliphatic rings. The van der Waals surface area contributed by atoms with Crippen LogP contribution in [0.5, 0.6) is 0 Å². The highest BCUT2D eigenvalue weighted by atomic mass is 35.5. The van der Waals surface area contributed by atoms with Gasteiger partial charge >= 0.3 is 0 Å². The Kier molecular flexibility index (Phi) is 5.06. The van der Waals surface area contributed by atoms with Gasteiger partial charge in [0, 0.05) is 16.0 Å². The van der Waals surface area contributed by atoms with Crippen molar-refractivity contribution in [2.45, 2.75) is 12.3 Å². The summed E-state index contributed by atoms with van der Waals surface area (Å²) in [6, 6.07) is 16.2. The van der Waals surface area contributed by atoms with Crippen LogP contribution in [0.1, 0.15) is 23.5 Å². The molecule has 0 saturated heterocycles. The first-order valence-corrected chi connectivity index (χ1v) is 7.49. The summed E-state index contributed by atoms with van der Waals surface area (Å²) in [6.07, 6.45) is 2.16. The fourth-order valence-electron chi connectivity index (χ4n) is 2.08. The smallest absolute Gasteiger partial charge is 0.0406 e. The molecular formula is C15H15Cl2P. The molecule has 0 saturated carbocycles. The highest BCUT2D eigenvalue weighted by molar-refractivity contribution is 7.16. The van der Waals surface area contributed by atoms with E-state index in [1.54, 1.807) is 0 Å². The molecule has 2 aromatic carbocycles. The Hall–Kier alpha value is -0.550. The molecule has 1 atom stereocenters. The molecule has 2 rings (SSSR count). The summed E-state index contributed by atoms with van der Waals surface area (Å²) in [6.45, 7) is 0. The molecule has 0 amide bonds. The minimum absolute atomic E-state index is 0.400. The molecule has 0 radical (unpaired) electrons. The molecule has 0 bridgehead atoms. The zero-order valence-corrected chi connectivity index (χ0v) is 12.6. The lowest BCUT2D eigenvalue weighted by atomic mass is 9.89. The van der Waals surface area contributed by atoms with Crippen molar-refractivity contribution in [1.29, 1.82) is 0 Å². The van der Waals surface area contributed by atoms with Crippen LogP contribution < -0.4 is 0 Å². The van der Waals surface area contributed by atoms with Crippen LogP contribution >= 0.6 is 32.4 Å². The largest absolute Gasteiger partial charge is 0.138 e. The zero-order chi connectivity index (χ0) is 13.0. The first-order valence-electron chi connectivity index (χ1n) is 5.91. The summed E-state index contributed by atoms with van der Waals surface area (Å²) in [4.78, 5) is 0. The molecule has 0 N–H and O–H groups in total. The number of halogens is 2. The van der Waals surface area contributed by atoms with E-state index in [-0.39, 0.29) is 0 Å². The normalized spacial score (nSPS) is 10.9. The highest BCUT2D eigenvalue weighted by Crippen LogP contribution is 2.30. The van der Waals surface area contributed by atoms with Crippen molar-refractivity contribution in [2.24, 2.45) is 0 Å². The van der Waals surface area contributed by atoms with E-state index in [2.05, 4.69) is 33.5 Å². The Balaban J connectivity index is 2.33. The van der Waals surface area contributed by atoms with Gasteiger partial charge in [0.1, 0.15) is 0 Å². The van der Waals surface area contributed by atoms with Gasteiger partial charge in [0.2, 0.25) is 0 Å². The summed E-state index contributed by atoms with van der Waals surface area (Å²) in [5.74, 6) is 0.400. The van der Waals surface area contributed by atoms with E-state index in [0.717, 1.165) is 22.6 Å². The topological polar surface area (TPSA) is 0 Å². The lowest BCUT2D eigenvalue weighted by Gasteiger charge is -2.17. The lowest BCUT2D eigenvalue weighted by Crippen LogP contribution is -2.01. The first-order chi connectivity index (χ1) is 8.70. The average Bonchev–Trinajstić information content (AvgIpc) is 2.39. The molecule has 18 heavy (non-hydrogen) atoms. The number of hydrogen-bond acceptors (Lipinski definition) is 0. The van der Waals surface area contributed by atoms with Gasteiger partial charge in [0.05, 0.1) is 0 Å². The summed E-state index contributed by atoms with van der Waals surface area (Å²) in [5.41, 5.74) is 2.59. The summed E-state index contributed by atoms with van der Waals surface area (Å²) >= 11 is 11.9. The van der Waals surface area contributed by atoms with Crippen molar-refractivity contribution >= 4 is 32.4 Å². The fourth-order valence-corrected chi connectivity index (χ4v) is 2.67. The van der Waals surface area contributed by atoms with E-state index in [4.69, 9.17) is 23.2 Å². The van der Waals surface area contributed by atoms with E-state index in [1.165, 1.54) is 11.1 Å². The molecule has 3 heteroatoms. The van der Waals surface area contributed by atoms with Crippen LogP contribution in [-0.2, 0) is 0 Å². The Labute approximate surface area is 121 Å². The van der Waals surface area contributed by atoms with Crippen LogP contribution in [0.2, 0.25) is 10.0 Å². The van der Waals surface area contributed by atoms with Crippen molar-refractivity contribution in [2.75, 3.05) is 6.16 Å². The highest BCUT2D eigenvalue weighted by Gasteiger charge is 2.13. The van der Waals surface area contributed by atoms with Crippen LogP contribution in [0.15, 0.2) is 48.5 Å². The molecule has 2 aromatic rings. The third-order valence-corrected chi connectivity index (χ3v) is 3.84. The van der Waals surface area contributed by atoms with Crippen molar-refractivity contribution in [1.82, 2.24) is 0 Å². The van der Waals surface area contributed by atoms with Crippen LogP contribution in [0.3, 0.4) is 0 Å². The average molecular weight is 297 g/mol. The molecule has 0 aromatic heterocycles. The number of hydrogen-bond donors (Lipinski definition) is 0. The predicted octanol–water partition coefficient (Wildman–Crippen LogP) is 5.39. The Morgan fingerprint density at radius 3 is 1.50 bits per heavy atom. The molecule has 0 spiro atoms. The molecule has 1 unspecified atom stereocenters. The van der Waals surface area contributed by atoms with Crippen molar-refractivity contribution in [3.63, 3.8) is 0 Å². The van der Waals surface area contributed by atoms with Gasteiger partial charge in [-0.15, -0.1) is 9.24 Å². The fraction of sp³-hybridized carbons (Fsp3) is 0.200. The molecule has 0 heterocycles. The summed E-state index contributed by atoms with van der Waals surface area (Å²) < 4.78 is 0. The maximum Gasteiger partial charge on any atom is 0.0406 e. The van der Waals surface area contributed by atoms with E-state index in [1.807, 2.05) is 24.3 Å². The van der Waals surface area contributed by atoms with Crippen LogP contribution in [0.4, 0.5) is 0 Å². The summed E-state index contributed by atoms with van der Waals surface area (Å²) in [7, 11) is 2.79. The summed E-state index contributed by atoms with van der Waals surface area (Å²) in [5, 5.41) is 1.55. The minimum atomic E-state index is 0.400. The van der Waals surface area contributed by atoms with Gasteiger partial charge < -0.3 is 0 Å². The predicted molar refractivity (Wildman–Crippen MR) is 83.9 cm³/mol. The zero-order valence-electron chi connectivity index (χ0n) is 9.94. The lowest BCUT2D eigenvalue weighted by molar-refractivity contribution is 0.785. The Morgan fingerprint density at radius 2 is 1.17 bits per heavy atom. The van der Waals surface area contributed by atoms with Crippen LogP contribution in [0, 0.1) is 0 Å². The molecule has 0 fully saturated rings. The van der Waals surface area contributed by atoms with E-state index < -0.39 is 0 Å².